The van der Waals surface area contributed by atoms with Crippen LogP contribution in [0.4, 0.5) is 5.69 Å². The van der Waals surface area contributed by atoms with Crippen molar-refractivity contribution in [1.29, 1.82) is 10.5 Å². The molecule has 5 aromatic heterocycles. The zero-order valence-electron chi connectivity index (χ0n) is 45.9. The van der Waals surface area contributed by atoms with Crippen LogP contribution < -0.4 is 5.73 Å². The van der Waals surface area contributed by atoms with Crippen molar-refractivity contribution in [2.24, 2.45) is 0 Å². The maximum Gasteiger partial charge on any atom is 0.104 e. The molecule has 0 bridgehead atoms. The first-order valence-corrected chi connectivity index (χ1v) is 30.4. The van der Waals surface area contributed by atoms with Crippen molar-refractivity contribution in [2.75, 3.05) is 5.73 Å². The topological polar surface area (TPSA) is 88.4 Å². The largest absolute Gasteiger partial charge is 0.396 e. The molecule has 0 aliphatic carbocycles. The van der Waals surface area contributed by atoms with Crippen LogP contribution in [0, 0.1) is 22.7 Å². The molecule has 0 saturated carbocycles. The summed E-state index contributed by atoms with van der Waals surface area (Å²) in [6.45, 7) is 0. The van der Waals surface area contributed by atoms with Crippen molar-refractivity contribution < 1.29 is 0 Å². The van der Waals surface area contributed by atoms with Gasteiger partial charge >= 0.3 is 0 Å². The Labute approximate surface area is 500 Å². The van der Waals surface area contributed by atoms with Gasteiger partial charge in [-0.1, -0.05) is 218 Å². The fourth-order valence-electron chi connectivity index (χ4n) is 14.2. The zero-order chi connectivity index (χ0) is 56.9. The Morgan fingerprint density at radius 2 is 0.721 bits per heavy atom. The van der Waals surface area contributed by atoms with Gasteiger partial charge in [-0.3, -0.25) is 0 Å². The molecule has 0 saturated heterocycles. The molecule has 18 rings (SSSR count). The lowest BCUT2D eigenvalue weighted by Gasteiger charge is -2.25. The van der Waals surface area contributed by atoms with Crippen LogP contribution in [0.2, 0.25) is 0 Å². The zero-order valence-corrected chi connectivity index (χ0v) is 47.5. The molecule has 5 heterocycles. The number of para-hydroxylation sites is 2. The second-order valence-electron chi connectivity index (χ2n) is 22.2. The summed E-state index contributed by atoms with van der Waals surface area (Å²) in [6.07, 6.45) is 0. The third-order valence-electron chi connectivity index (χ3n) is 17.9. The van der Waals surface area contributed by atoms with Gasteiger partial charge in [0.1, 0.15) is 23.3 Å². The maximum absolute atomic E-state index is 12.8. The van der Waals surface area contributed by atoms with Gasteiger partial charge in [-0.15, -0.1) is 22.7 Å². The average molecular weight is 1130 g/mol. The van der Waals surface area contributed by atoms with Crippen molar-refractivity contribution in [2.45, 2.75) is 0 Å². The van der Waals surface area contributed by atoms with Gasteiger partial charge in [0.25, 0.3) is 0 Å². The SMILES string of the molecule is N#Cc1c(-n2c3ccccc3c3ccccc32)c(-n2c3cc(-c4ccccc4-c4ccccc4)ccc3c3ccc4c5ccccc5sc4c32)c(C#N)c(N)c1-n1c2cc(-c3cccc4ccccc34)ccc2c2ccc3c4ccccc4sc3c21. The van der Waals surface area contributed by atoms with Crippen LogP contribution in [0.3, 0.4) is 0 Å². The molecule has 2 N–H and O–H groups in total. The van der Waals surface area contributed by atoms with Gasteiger partial charge in [-0.2, -0.15) is 10.5 Å². The minimum atomic E-state index is 0.208. The standard InChI is InChI=1S/C78H44N6S2/c79-43-63-71(81)72(83-67-41-48(52-28-16-20-46-19-4-5-21-50(46)52)34-35-55(67)59-37-39-61-57-26-10-14-31-69(57)85-77(61)75(59)83)64(44-80)74(82-65-29-12-8-24-53(65)54-25-9-13-30-66(54)82)73(63)84-68-42-47(51-23-7-6-22-49(51)45-17-2-1-3-18-45)33-36-56(68)60-38-40-62-58-27-11-15-32-70(58)86-78(62)76(60)84/h1-42H,81H2. The number of nitrogens with zero attached hydrogens (tertiary/aromatic N) is 5. The molecule has 86 heavy (non-hydrogen) atoms. The van der Waals surface area contributed by atoms with Gasteiger partial charge in [0.15, 0.2) is 0 Å². The Morgan fingerprint density at radius 3 is 1.31 bits per heavy atom. The van der Waals surface area contributed by atoms with Crippen molar-refractivity contribution in [1.82, 2.24) is 13.7 Å². The number of fused-ring (bicyclic) bond motifs is 18. The molecule has 0 spiro atoms. The number of nitrogen functional groups attached to an aromatic ring is 1. The Morgan fingerprint density at radius 1 is 0.302 bits per heavy atom. The number of nitrogens with two attached hydrogens (primary N) is 1. The summed E-state index contributed by atoms with van der Waals surface area (Å²) in [5, 5.41) is 38.2. The van der Waals surface area contributed by atoms with Crippen molar-refractivity contribution >= 4 is 145 Å². The second kappa shape index (κ2) is 18.4. The number of hydrogen-bond donors (Lipinski definition) is 1. The summed E-state index contributed by atoms with van der Waals surface area (Å²) in [6, 6.07) is 96.2. The highest BCUT2D eigenvalue weighted by atomic mass is 32.1. The van der Waals surface area contributed by atoms with E-state index in [0.29, 0.717) is 22.6 Å². The number of thiophene rings is 2. The predicted molar refractivity (Wildman–Crippen MR) is 363 cm³/mol. The van der Waals surface area contributed by atoms with Crippen LogP contribution >= 0.6 is 22.7 Å². The van der Waals surface area contributed by atoms with E-state index in [2.05, 4.69) is 281 Å². The second-order valence-corrected chi connectivity index (χ2v) is 24.4. The van der Waals surface area contributed by atoms with Crippen LogP contribution in [0.5, 0.6) is 0 Å². The molecule has 0 radical (unpaired) electrons. The highest BCUT2D eigenvalue weighted by Gasteiger charge is 2.33. The average Bonchev–Trinajstić information content (AvgIpc) is 1.76. The number of anilines is 1. The van der Waals surface area contributed by atoms with Gasteiger partial charge < -0.3 is 19.4 Å². The van der Waals surface area contributed by atoms with E-state index in [4.69, 9.17) is 5.73 Å². The van der Waals surface area contributed by atoms with Crippen molar-refractivity contribution in [3.63, 3.8) is 0 Å². The predicted octanol–water partition coefficient (Wildman–Crippen LogP) is 21.2. The fourth-order valence-corrected chi connectivity index (χ4v) is 16.7. The number of rotatable bonds is 6. The van der Waals surface area contributed by atoms with Crippen LogP contribution in [-0.2, 0) is 0 Å². The quantitative estimate of drug-likeness (QED) is 0.168. The molecule has 13 aromatic carbocycles. The molecule has 398 valence electrons. The summed E-state index contributed by atoms with van der Waals surface area (Å²) in [4.78, 5) is 0. The van der Waals surface area contributed by atoms with Gasteiger partial charge in [0, 0.05) is 63.3 Å². The third-order valence-corrected chi connectivity index (χ3v) is 20.3. The lowest BCUT2D eigenvalue weighted by atomic mass is 9.94. The minimum absolute atomic E-state index is 0.208. The molecule has 6 nitrogen and oxygen atoms in total. The first kappa shape index (κ1) is 48.3. The van der Waals surface area contributed by atoms with E-state index < -0.39 is 0 Å². The number of nitriles is 2. The Bertz CT molecular complexity index is 6010. The molecular weight excluding hydrogens is 1090 g/mol. The van der Waals surface area contributed by atoms with E-state index >= 15 is 0 Å². The summed E-state index contributed by atoms with van der Waals surface area (Å²) in [5.74, 6) is 0. The molecule has 0 amide bonds. The molecular formula is C78H44N6S2. The smallest absolute Gasteiger partial charge is 0.104 e. The summed E-state index contributed by atoms with van der Waals surface area (Å²) in [7, 11) is 0. The lowest BCUT2D eigenvalue weighted by molar-refractivity contribution is 1.06. The molecule has 18 aromatic rings. The van der Waals surface area contributed by atoms with Crippen molar-refractivity contribution in [3.8, 4) is 62.6 Å². The molecule has 0 aliphatic rings. The monoisotopic (exact) mass is 1130 g/mol. The van der Waals surface area contributed by atoms with Crippen LogP contribution in [-0.4, -0.2) is 13.7 Å². The van der Waals surface area contributed by atoms with Crippen LogP contribution in [0.15, 0.2) is 255 Å². The normalized spacial score (nSPS) is 12.0. The Kier molecular flexibility index (Phi) is 10.3. The van der Waals surface area contributed by atoms with E-state index in [9.17, 15) is 10.5 Å². The van der Waals surface area contributed by atoms with Crippen LogP contribution in [0.25, 0.3) is 167 Å². The molecule has 0 aliphatic heterocycles. The molecule has 0 unspecified atom stereocenters. The van der Waals surface area contributed by atoms with Gasteiger partial charge in [0.05, 0.1) is 65.2 Å². The molecule has 0 fully saturated rings. The van der Waals surface area contributed by atoms with Gasteiger partial charge in [-0.25, -0.2) is 0 Å². The first-order valence-electron chi connectivity index (χ1n) is 28.7. The van der Waals surface area contributed by atoms with Gasteiger partial charge in [0.2, 0.25) is 0 Å². The summed E-state index contributed by atoms with van der Waals surface area (Å²) < 4.78 is 11.2. The van der Waals surface area contributed by atoms with E-state index in [-0.39, 0.29) is 11.3 Å². The number of benzene rings is 13. The third kappa shape index (κ3) is 6.68. The maximum atomic E-state index is 12.8. The summed E-state index contributed by atoms with van der Waals surface area (Å²) in [5.41, 5.74) is 22.2. The van der Waals surface area contributed by atoms with Crippen LogP contribution in [0.1, 0.15) is 11.1 Å². The highest BCUT2D eigenvalue weighted by Crippen LogP contribution is 2.52. The van der Waals surface area contributed by atoms with E-state index in [1.54, 1.807) is 22.7 Å². The van der Waals surface area contributed by atoms with Gasteiger partial charge in [-0.05, 0) is 80.6 Å². The minimum Gasteiger partial charge on any atom is -0.396 e. The number of hydrogen-bond acceptors (Lipinski definition) is 5. The number of aromatic nitrogens is 3. The van der Waals surface area contributed by atoms with E-state index in [0.717, 1.165) is 150 Å². The highest BCUT2D eigenvalue weighted by molar-refractivity contribution is 7.27. The summed E-state index contributed by atoms with van der Waals surface area (Å²) >= 11 is 3.49. The molecule has 0 atom stereocenters. The Hall–Kier alpha value is -11.3. The van der Waals surface area contributed by atoms with Crippen molar-refractivity contribution in [3.05, 3.63) is 266 Å². The first-order chi connectivity index (χ1) is 42.5. The fraction of sp³-hybridized carbons (Fsp3) is 0. The lowest BCUT2D eigenvalue weighted by Crippen LogP contribution is -2.15. The van der Waals surface area contributed by atoms with E-state index in [1.807, 2.05) is 0 Å². The Balaban J connectivity index is 1.06. The van der Waals surface area contributed by atoms with E-state index in [1.165, 1.54) is 0 Å². The molecule has 8 heteroatoms.